The Bertz CT molecular complexity index is 765. The number of para-hydroxylation sites is 1. The molecule has 1 atom stereocenters. The highest BCUT2D eigenvalue weighted by atomic mass is 16.2. The van der Waals surface area contributed by atoms with Crippen LogP contribution in [0.15, 0.2) is 36.5 Å². The van der Waals surface area contributed by atoms with E-state index in [0.29, 0.717) is 19.0 Å². The van der Waals surface area contributed by atoms with Gasteiger partial charge in [-0.1, -0.05) is 18.2 Å². The molecule has 1 fully saturated rings. The Kier molecular flexibility index (Phi) is 5.72. The first-order valence-corrected chi connectivity index (χ1v) is 10.1. The summed E-state index contributed by atoms with van der Waals surface area (Å²) >= 11 is 0. The predicted octanol–water partition coefficient (Wildman–Crippen LogP) is 1.92. The van der Waals surface area contributed by atoms with Crippen molar-refractivity contribution in [2.24, 2.45) is 0 Å². The highest BCUT2D eigenvalue weighted by Crippen LogP contribution is 2.27. The maximum Gasteiger partial charge on any atom is 0.241 e. The number of carbonyl (C=O) groups excluding carboxylic acids is 1. The van der Waals surface area contributed by atoms with Crippen molar-refractivity contribution in [3.05, 3.63) is 47.8 Å². The second-order valence-electron chi connectivity index (χ2n) is 7.53. The van der Waals surface area contributed by atoms with E-state index in [1.165, 1.54) is 23.4 Å². The lowest BCUT2D eigenvalue weighted by molar-refractivity contribution is -0.121. The number of piperidine rings is 1. The van der Waals surface area contributed by atoms with Crippen molar-refractivity contribution in [3.63, 3.8) is 0 Å². The van der Waals surface area contributed by atoms with Gasteiger partial charge in [0, 0.05) is 49.7 Å². The molecule has 27 heavy (non-hydrogen) atoms. The Morgan fingerprint density at radius 3 is 3.11 bits per heavy atom. The molecule has 0 saturated carbocycles. The molecule has 1 aromatic carbocycles. The summed E-state index contributed by atoms with van der Waals surface area (Å²) < 4.78 is 1.86. The van der Waals surface area contributed by atoms with E-state index in [1.54, 1.807) is 0 Å². The van der Waals surface area contributed by atoms with Gasteiger partial charge in [0.15, 0.2) is 0 Å². The lowest BCUT2D eigenvalue weighted by Crippen LogP contribution is -2.33. The molecular weight excluding hydrogens is 338 g/mol. The van der Waals surface area contributed by atoms with Crippen LogP contribution >= 0.6 is 0 Å². The summed E-state index contributed by atoms with van der Waals surface area (Å²) in [6.45, 7) is 5.15. The molecule has 3 heterocycles. The highest BCUT2D eigenvalue weighted by molar-refractivity contribution is 5.75. The smallest absolute Gasteiger partial charge is 0.241 e. The molecule has 6 heteroatoms. The fraction of sp³-hybridized carbons (Fsp3) is 0.524. The van der Waals surface area contributed by atoms with Crippen LogP contribution in [0.4, 0.5) is 5.69 Å². The van der Waals surface area contributed by atoms with Crippen LogP contribution in [-0.4, -0.2) is 48.4 Å². The molecule has 0 spiro atoms. The topological polar surface area (TPSA) is 62.2 Å². The van der Waals surface area contributed by atoms with E-state index < -0.39 is 0 Å². The summed E-state index contributed by atoms with van der Waals surface area (Å²) in [4.78, 5) is 14.8. The molecule has 2 aliphatic rings. The summed E-state index contributed by atoms with van der Waals surface area (Å²) in [6, 6.07) is 10.7. The summed E-state index contributed by atoms with van der Waals surface area (Å²) in [7, 11) is 0. The summed E-state index contributed by atoms with van der Waals surface area (Å²) in [5, 5.41) is 10.9. The summed E-state index contributed by atoms with van der Waals surface area (Å²) in [6.07, 6.45) is 6.24. The zero-order valence-electron chi connectivity index (χ0n) is 15.9. The van der Waals surface area contributed by atoms with E-state index in [1.807, 2.05) is 10.9 Å². The van der Waals surface area contributed by atoms with Gasteiger partial charge in [0.2, 0.25) is 5.91 Å². The molecule has 1 aromatic heterocycles. The molecule has 0 aliphatic carbocycles. The van der Waals surface area contributed by atoms with Crippen LogP contribution in [0.3, 0.4) is 0 Å². The molecule has 0 radical (unpaired) electrons. The Morgan fingerprint density at radius 2 is 2.22 bits per heavy atom. The van der Waals surface area contributed by atoms with Crippen LogP contribution in [0, 0.1) is 0 Å². The standard InChI is InChI=1S/C21H29N5O/c27-21(16-26-20(8-12-24-26)18-6-3-10-22-15-18)23-11-4-13-25-14-9-17-5-1-2-7-19(17)25/h1-2,5,7-8,12,18,22H,3-4,6,9-11,13-16H2,(H,23,27). The van der Waals surface area contributed by atoms with Gasteiger partial charge in [0.1, 0.15) is 6.54 Å². The second kappa shape index (κ2) is 8.57. The van der Waals surface area contributed by atoms with Crippen molar-refractivity contribution >= 4 is 11.6 Å². The summed E-state index contributed by atoms with van der Waals surface area (Å²) in [5.41, 5.74) is 3.96. The van der Waals surface area contributed by atoms with Gasteiger partial charge >= 0.3 is 0 Å². The number of nitrogens with one attached hydrogen (secondary N) is 2. The molecule has 2 aliphatic heterocycles. The van der Waals surface area contributed by atoms with Crippen molar-refractivity contribution in [2.45, 2.75) is 38.1 Å². The number of benzene rings is 1. The number of amides is 1. The fourth-order valence-electron chi connectivity index (χ4n) is 4.25. The third-order valence-electron chi connectivity index (χ3n) is 5.67. The van der Waals surface area contributed by atoms with Gasteiger partial charge in [-0.2, -0.15) is 5.10 Å². The predicted molar refractivity (Wildman–Crippen MR) is 107 cm³/mol. The third-order valence-corrected chi connectivity index (χ3v) is 5.67. The van der Waals surface area contributed by atoms with Crippen LogP contribution < -0.4 is 15.5 Å². The molecule has 1 amide bonds. The minimum absolute atomic E-state index is 0.0468. The van der Waals surface area contributed by atoms with E-state index in [2.05, 4.69) is 51.0 Å². The monoisotopic (exact) mass is 367 g/mol. The number of rotatable bonds is 7. The Balaban J connectivity index is 1.21. The molecule has 144 valence electrons. The average molecular weight is 367 g/mol. The molecule has 4 rings (SSSR count). The first-order valence-electron chi connectivity index (χ1n) is 10.1. The van der Waals surface area contributed by atoms with Crippen molar-refractivity contribution in [2.75, 3.05) is 37.6 Å². The van der Waals surface area contributed by atoms with Crippen LogP contribution in [0.25, 0.3) is 0 Å². The van der Waals surface area contributed by atoms with Gasteiger partial charge in [0.25, 0.3) is 0 Å². The van der Waals surface area contributed by atoms with E-state index in [9.17, 15) is 4.79 Å². The Labute approximate surface area is 160 Å². The first kappa shape index (κ1) is 18.0. The van der Waals surface area contributed by atoms with Crippen LogP contribution in [0.1, 0.15) is 36.4 Å². The van der Waals surface area contributed by atoms with Crippen LogP contribution in [-0.2, 0) is 17.8 Å². The third kappa shape index (κ3) is 4.33. The quantitative estimate of drug-likeness (QED) is 0.734. The normalized spacial score (nSPS) is 19.1. The van der Waals surface area contributed by atoms with E-state index in [0.717, 1.165) is 45.4 Å². The molecule has 6 nitrogen and oxygen atoms in total. The second-order valence-corrected chi connectivity index (χ2v) is 7.53. The van der Waals surface area contributed by atoms with Gasteiger partial charge < -0.3 is 15.5 Å². The Morgan fingerprint density at radius 1 is 1.30 bits per heavy atom. The average Bonchev–Trinajstić information content (AvgIpc) is 3.33. The zero-order chi connectivity index (χ0) is 18.5. The fourth-order valence-corrected chi connectivity index (χ4v) is 4.25. The number of hydrogen-bond acceptors (Lipinski definition) is 4. The van der Waals surface area contributed by atoms with Crippen molar-refractivity contribution < 1.29 is 4.79 Å². The van der Waals surface area contributed by atoms with Gasteiger partial charge in [-0.15, -0.1) is 0 Å². The maximum atomic E-state index is 12.3. The van der Waals surface area contributed by atoms with Crippen molar-refractivity contribution in [1.29, 1.82) is 0 Å². The van der Waals surface area contributed by atoms with Gasteiger partial charge in [0.05, 0.1) is 0 Å². The lowest BCUT2D eigenvalue weighted by Gasteiger charge is -2.23. The SMILES string of the molecule is O=C(Cn1nccc1C1CCCNC1)NCCCN1CCc2ccccc21. The molecule has 1 unspecified atom stereocenters. The van der Waals surface area contributed by atoms with E-state index >= 15 is 0 Å². The van der Waals surface area contributed by atoms with Crippen molar-refractivity contribution in [1.82, 2.24) is 20.4 Å². The number of carbonyl (C=O) groups is 1. The largest absolute Gasteiger partial charge is 0.371 e. The molecule has 2 N–H and O–H groups in total. The minimum Gasteiger partial charge on any atom is -0.371 e. The molecule has 2 aromatic rings. The Hall–Kier alpha value is -2.34. The zero-order valence-corrected chi connectivity index (χ0v) is 15.9. The van der Waals surface area contributed by atoms with E-state index in [-0.39, 0.29) is 5.91 Å². The number of fused-ring (bicyclic) bond motifs is 1. The number of aromatic nitrogens is 2. The van der Waals surface area contributed by atoms with Gasteiger partial charge in [-0.25, -0.2) is 0 Å². The number of nitrogens with zero attached hydrogens (tertiary/aromatic N) is 3. The first-order chi connectivity index (χ1) is 13.3. The van der Waals surface area contributed by atoms with Crippen molar-refractivity contribution in [3.8, 4) is 0 Å². The maximum absolute atomic E-state index is 12.3. The minimum atomic E-state index is 0.0468. The number of anilines is 1. The lowest BCUT2D eigenvalue weighted by atomic mass is 9.96. The highest BCUT2D eigenvalue weighted by Gasteiger charge is 2.20. The van der Waals surface area contributed by atoms with E-state index in [4.69, 9.17) is 0 Å². The van der Waals surface area contributed by atoms with Gasteiger partial charge in [-0.05, 0) is 49.9 Å². The number of hydrogen-bond donors (Lipinski definition) is 2. The summed E-state index contributed by atoms with van der Waals surface area (Å²) in [5.74, 6) is 0.509. The molecular formula is C21H29N5O. The molecule has 1 saturated heterocycles. The van der Waals surface area contributed by atoms with Gasteiger partial charge in [-0.3, -0.25) is 9.48 Å². The van der Waals surface area contributed by atoms with Crippen LogP contribution in [0.5, 0.6) is 0 Å². The van der Waals surface area contributed by atoms with Crippen LogP contribution in [0.2, 0.25) is 0 Å². The molecule has 0 bridgehead atoms.